The Hall–Kier alpha value is 2.05. The van der Waals surface area contributed by atoms with Crippen LogP contribution in [0.15, 0.2) is 0 Å². The first kappa shape index (κ1) is 22.5. The van der Waals surface area contributed by atoms with Crippen molar-refractivity contribution in [1.82, 2.24) is 0 Å². The second kappa shape index (κ2) is 9.05. The van der Waals surface area contributed by atoms with E-state index in [-0.39, 0.29) is 64.5 Å². The van der Waals surface area contributed by atoms with Crippen LogP contribution in [0.4, 0.5) is 0 Å². The molecule has 8 heteroatoms. The summed E-state index contributed by atoms with van der Waals surface area (Å²) in [7, 11) is 0. The van der Waals surface area contributed by atoms with E-state index in [4.69, 9.17) is 16.0 Å². The first-order valence-electron chi connectivity index (χ1n) is 0.647. The molecule has 0 aliphatic rings. The minimum absolute atomic E-state index is 0. The normalized spacial score (nSPS) is 7.25. The van der Waals surface area contributed by atoms with Gasteiger partial charge in [0.2, 0.25) is 0 Å². The second-order valence-electron chi connectivity index (χ2n) is 0.415. The summed E-state index contributed by atoms with van der Waals surface area (Å²) >= 11 is -5.12. The molecule has 0 aliphatic carbocycles. The molecule has 0 rings (SSSR count). The first-order chi connectivity index (χ1) is 2.00. The van der Waals surface area contributed by atoms with Gasteiger partial charge in [-0.3, -0.25) is 0 Å². The van der Waals surface area contributed by atoms with Crippen LogP contribution in [-0.2, 0) is 54.6 Å². The van der Waals surface area contributed by atoms with Crippen LogP contribution in [-0.4, -0.2) is 8.38 Å². The molecule has 0 amide bonds. The van der Waals surface area contributed by atoms with Crippen molar-refractivity contribution in [3.8, 4) is 0 Å². The fourth-order valence-corrected chi connectivity index (χ4v) is 0. The predicted octanol–water partition coefficient (Wildman–Crippen LogP) is -4.24. The summed E-state index contributed by atoms with van der Waals surface area (Å²) in [6.07, 6.45) is 0. The average molecular weight is 259 g/mol. The molecule has 0 unspecified atom stereocenters. The molecule has 0 atom stereocenters. The predicted molar refractivity (Wildman–Crippen MR) is 6.92 cm³/mol. The van der Waals surface area contributed by atoms with Crippen molar-refractivity contribution in [2.24, 2.45) is 0 Å². The van der Waals surface area contributed by atoms with Gasteiger partial charge in [-0.25, -0.2) is 0 Å². The van der Waals surface area contributed by atoms with Crippen LogP contribution in [0.25, 0.3) is 0 Å². The zero-order valence-electron chi connectivity index (χ0n) is 4.78. The van der Waals surface area contributed by atoms with Crippen LogP contribution in [0.5, 0.6) is 0 Å². The molecule has 8 heavy (non-hydrogen) atoms. The molecule has 0 bridgehead atoms. The van der Waals surface area contributed by atoms with Crippen molar-refractivity contribution < 1.29 is 94.0 Å². The van der Waals surface area contributed by atoms with Crippen LogP contribution in [0.3, 0.4) is 0 Å². The standard InChI is InChI=1S/2Mn.Na.Ni.2H2O.2O.H/h;;;;2*1H2;;;/q;+2;+1;;;;;;-1/p-2. The van der Waals surface area contributed by atoms with Crippen molar-refractivity contribution in [3.63, 3.8) is 0 Å². The van der Waals surface area contributed by atoms with Gasteiger partial charge in [0.1, 0.15) is 0 Å². The van der Waals surface area contributed by atoms with Gasteiger partial charge >= 0.3 is 59.0 Å². The van der Waals surface area contributed by atoms with E-state index in [1.165, 1.54) is 0 Å². The molecule has 0 aromatic heterocycles. The fourth-order valence-electron chi connectivity index (χ4n) is 0. The van der Waals surface area contributed by atoms with Gasteiger partial charge in [-0.2, -0.15) is 0 Å². The molecular formula is H3Mn2NaNiO4. The zero-order valence-corrected chi connectivity index (χ0v) is 9.13. The SMILES string of the molecule is [H-].[Mn].[Na+].[Ni].[O]=[Mn](=[O])([OH])[OH]. The van der Waals surface area contributed by atoms with Gasteiger partial charge in [0.15, 0.2) is 0 Å². The summed E-state index contributed by atoms with van der Waals surface area (Å²) in [5, 5.41) is 0. The summed E-state index contributed by atoms with van der Waals surface area (Å²) in [5.74, 6) is 0. The monoisotopic (exact) mass is 258 g/mol. The maximum atomic E-state index is 8.80. The van der Waals surface area contributed by atoms with Crippen molar-refractivity contribution in [3.05, 3.63) is 0 Å². The van der Waals surface area contributed by atoms with E-state index in [0.29, 0.717) is 0 Å². The molecular weight excluding hydrogens is 256 g/mol. The summed E-state index contributed by atoms with van der Waals surface area (Å²) in [6.45, 7) is 0. The molecule has 0 heterocycles. The Morgan fingerprint density at radius 1 is 1.25 bits per heavy atom. The third-order valence-corrected chi connectivity index (χ3v) is 0. The molecule has 0 saturated heterocycles. The number of hydrogen-bond acceptors (Lipinski definition) is 2. The van der Waals surface area contributed by atoms with Crippen LogP contribution >= 0.6 is 0 Å². The topological polar surface area (TPSA) is 74.6 Å². The molecule has 4 nitrogen and oxygen atoms in total. The van der Waals surface area contributed by atoms with E-state index in [0.717, 1.165) is 0 Å². The summed E-state index contributed by atoms with van der Waals surface area (Å²) in [6, 6.07) is 0. The molecule has 0 saturated carbocycles. The molecule has 1 radical (unpaired) electrons. The summed E-state index contributed by atoms with van der Waals surface area (Å²) < 4.78 is 31.8. The van der Waals surface area contributed by atoms with Gasteiger partial charge in [0, 0.05) is 33.6 Å². The third kappa shape index (κ3) is 95.1. The van der Waals surface area contributed by atoms with Gasteiger partial charge < -0.3 is 1.43 Å². The Labute approximate surface area is 92.9 Å². The van der Waals surface area contributed by atoms with E-state index in [1.54, 1.807) is 0 Å². The Kier molecular flexibility index (Phi) is 25.4. The van der Waals surface area contributed by atoms with Gasteiger partial charge in [-0.15, -0.1) is 0 Å². The van der Waals surface area contributed by atoms with Gasteiger partial charge in [0.05, 0.1) is 0 Å². The molecule has 0 aromatic rings. The van der Waals surface area contributed by atoms with Crippen LogP contribution in [0.1, 0.15) is 1.43 Å². The van der Waals surface area contributed by atoms with Crippen molar-refractivity contribution >= 4 is 0 Å². The molecule has 2 N–H and O–H groups in total. The second-order valence-corrected chi connectivity index (χ2v) is 1.71. The first-order valence-corrected chi connectivity index (χ1v) is 2.67. The van der Waals surface area contributed by atoms with E-state index in [9.17, 15) is 0 Å². The Balaban J connectivity index is -0.0000000133. The number of rotatable bonds is 0. The maximum absolute atomic E-state index is 8.80. The van der Waals surface area contributed by atoms with E-state index >= 15 is 0 Å². The summed E-state index contributed by atoms with van der Waals surface area (Å²) in [5.41, 5.74) is 0. The molecule has 52 valence electrons. The number of hydrogen-bond donors (Lipinski definition) is 2. The molecule has 0 spiro atoms. The van der Waals surface area contributed by atoms with Gasteiger partial charge in [0.25, 0.3) is 0 Å². The van der Waals surface area contributed by atoms with E-state index < -0.39 is 13.4 Å². The summed E-state index contributed by atoms with van der Waals surface area (Å²) in [4.78, 5) is 0. The van der Waals surface area contributed by atoms with Crippen molar-refractivity contribution in [1.29, 1.82) is 0 Å². The Morgan fingerprint density at radius 2 is 1.25 bits per heavy atom. The molecule has 0 fully saturated rings. The quantitative estimate of drug-likeness (QED) is 0.432. The van der Waals surface area contributed by atoms with Gasteiger partial charge in [-0.05, 0) is 0 Å². The van der Waals surface area contributed by atoms with Crippen molar-refractivity contribution in [2.75, 3.05) is 0 Å². The van der Waals surface area contributed by atoms with Gasteiger partial charge in [-0.1, -0.05) is 0 Å². The molecule has 0 aliphatic heterocycles. The van der Waals surface area contributed by atoms with E-state index in [2.05, 4.69) is 0 Å². The van der Waals surface area contributed by atoms with Crippen molar-refractivity contribution in [2.45, 2.75) is 0 Å². The third-order valence-electron chi connectivity index (χ3n) is 0. The zero-order chi connectivity index (χ0) is 4.50. The Morgan fingerprint density at radius 3 is 1.25 bits per heavy atom. The van der Waals surface area contributed by atoms with Crippen LogP contribution in [0, 0.1) is 0 Å². The average Bonchev–Trinajstić information content (AvgIpc) is 0.722. The molecule has 0 aromatic carbocycles. The van der Waals surface area contributed by atoms with Crippen LogP contribution < -0.4 is 29.6 Å². The van der Waals surface area contributed by atoms with E-state index in [1.807, 2.05) is 0 Å². The van der Waals surface area contributed by atoms with Crippen LogP contribution in [0.2, 0.25) is 0 Å². The minimum atomic E-state index is -5.12. The fraction of sp³-hybridized carbons (Fsp3) is 0. The Bertz CT molecular complexity index is 102.